The van der Waals surface area contributed by atoms with Crippen LogP contribution in [-0.2, 0) is 19.6 Å². The Balaban J connectivity index is 3.22. The Morgan fingerprint density at radius 1 is 1.50 bits per heavy atom. The summed E-state index contributed by atoms with van der Waals surface area (Å²) in [6.45, 7) is 2.81. The predicted molar refractivity (Wildman–Crippen MR) is 72.3 cm³/mol. The van der Waals surface area contributed by atoms with Crippen molar-refractivity contribution in [3.63, 3.8) is 0 Å². The third-order valence-electron chi connectivity index (χ3n) is 2.83. The number of rotatable bonds is 6. The molecule has 0 amide bonds. The number of nitrogens with one attached hydrogen (secondary N) is 1. The molecule has 0 fully saturated rings. The zero-order valence-corrected chi connectivity index (χ0v) is 12.8. The number of aliphatic carboxylic acids is 1. The minimum atomic E-state index is -4.14. The fourth-order valence-corrected chi connectivity index (χ4v) is 4.14. The minimum absolute atomic E-state index is 0.0548. The average molecular weight is 321 g/mol. The molecule has 0 saturated heterocycles. The van der Waals surface area contributed by atoms with Crippen LogP contribution in [0, 0.1) is 0 Å². The number of carbonyl (C=O) groups excluding carboxylic acids is 1. The van der Waals surface area contributed by atoms with Crippen LogP contribution in [0.5, 0.6) is 0 Å². The Morgan fingerprint density at radius 3 is 2.55 bits per heavy atom. The van der Waals surface area contributed by atoms with E-state index in [4.69, 9.17) is 5.11 Å². The summed E-state index contributed by atoms with van der Waals surface area (Å²) in [5, 5.41) is 10.5. The van der Waals surface area contributed by atoms with Crippen molar-refractivity contribution in [3.05, 3.63) is 16.3 Å². The van der Waals surface area contributed by atoms with Gasteiger partial charge in [-0.1, -0.05) is 6.92 Å². The van der Waals surface area contributed by atoms with Gasteiger partial charge in [0, 0.05) is 0 Å². The molecule has 0 aliphatic carbocycles. The number of hydrogen-bond acceptors (Lipinski definition) is 6. The first-order chi connectivity index (χ1) is 9.18. The van der Waals surface area contributed by atoms with Crippen molar-refractivity contribution in [2.45, 2.75) is 30.7 Å². The first-order valence-electron chi connectivity index (χ1n) is 5.61. The fraction of sp³-hybridized carbons (Fsp3) is 0.455. The van der Waals surface area contributed by atoms with Gasteiger partial charge >= 0.3 is 11.9 Å². The number of ether oxygens (including phenoxy) is 1. The molecular formula is C11H15NO6S2. The van der Waals surface area contributed by atoms with Crippen LogP contribution in [0.2, 0.25) is 0 Å². The molecule has 0 aliphatic heterocycles. The number of sulfonamides is 1. The van der Waals surface area contributed by atoms with E-state index in [-0.39, 0.29) is 16.2 Å². The maximum absolute atomic E-state index is 12.2. The Kier molecular flexibility index (Phi) is 4.90. The number of esters is 1. The van der Waals surface area contributed by atoms with E-state index in [9.17, 15) is 18.0 Å². The van der Waals surface area contributed by atoms with Crippen molar-refractivity contribution >= 4 is 33.3 Å². The molecule has 7 nitrogen and oxygen atoms in total. The van der Waals surface area contributed by atoms with Gasteiger partial charge in [-0.15, -0.1) is 11.3 Å². The summed E-state index contributed by atoms with van der Waals surface area (Å²) in [4.78, 5) is 22.3. The predicted octanol–water partition coefficient (Wildman–Crippen LogP) is 1.07. The van der Waals surface area contributed by atoms with Crippen molar-refractivity contribution in [2.24, 2.45) is 0 Å². The van der Waals surface area contributed by atoms with Crippen LogP contribution >= 0.6 is 11.3 Å². The van der Waals surface area contributed by atoms with Crippen molar-refractivity contribution < 1.29 is 27.9 Å². The zero-order valence-electron chi connectivity index (χ0n) is 11.2. The van der Waals surface area contributed by atoms with Gasteiger partial charge in [0.2, 0.25) is 10.0 Å². The van der Waals surface area contributed by atoms with Gasteiger partial charge in [-0.3, -0.25) is 4.79 Å². The molecule has 0 spiro atoms. The molecule has 1 unspecified atom stereocenters. The topological polar surface area (TPSA) is 110 Å². The van der Waals surface area contributed by atoms with Crippen LogP contribution in [0.25, 0.3) is 0 Å². The lowest BCUT2D eigenvalue weighted by molar-refractivity contribution is -0.143. The summed E-state index contributed by atoms with van der Waals surface area (Å²) >= 11 is 0.910. The molecule has 2 N–H and O–H groups in total. The normalized spacial score (nSPS) is 14.6. The van der Waals surface area contributed by atoms with E-state index in [2.05, 4.69) is 9.46 Å². The molecule has 1 aromatic rings. The van der Waals surface area contributed by atoms with Gasteiger partial charge in [-0.25, -0.2) is 13.2 Å². The molecule has 0 saturated carbocycles. The van der Waals surface area contributed by atoms with E-state index in [1.165, 1.54) is 18.4 Å². The summed E-state index contributed by atoms with van der Waals surface area (Å²) in [6, 6.07) is 1.23. The summed E-state index contributed by atoms with van der Waals surface area (Å²) in [6.07, 6.45) is 0.0548. The number of thiophene rings is 1. The Labute approximate surface area is 120 Å². The standard InChI is InChI=1S/C11H15NO6S2/c1-4-11(2,10(14)15)12-20(16,17)7-5-6-19-8(7)9(13)18-3/h5-6,12H,4H2,1-3H3,(H,14,15). The van der Waals surface area contributed by atoms with E-state index >= 15 is 0 Å². The highest BCUT2D eigenvalue weighted by molar-refractivity contribution is 7.89. The number of carbonyl (C=O) groups is 2. The lowest BCUT2D eigenvalue weighted by Crippen LogP contribution is -2.51. The second-order valence-corrected chi connectivity index (χ2v) is 6.77. The highest BCUT2D eigenvalue weighted by atomic mass is 32.2. The van der Waals surface area contributed by atoms with Crippen LogP contribution in [0.1, 0.15) is 29.9 Å². The van der Waals surface area contributed by atoms with Gasteiger partial charge in [0.05, 0.1) is 7.11 Å². The van der Waals surface area contributed by atoms with Gasteiger partial charge in [0.15, 0.2) is 0 Å². The summed E-state index contributed by atoms with van der Waals surface area (Å²) in [5.74, 6) is -2.08. The maximum atomic E-state index is 12.2. The fourth-order valence-electron chi connectivity index (χ4n) is 1.37. The van der Waals surface area contributed by atoms with Crippen LogP contribution in [0.15, 0.2) is 16.3 Å². The Hall–Kier alpha value is -1.45. The third kappa shape index (κ3) is 3.17. The van der Waals surface area contributed by atoms with Crippen molar-refractivity contribution in [2.75, 3.05) is 7.11 Å². The Bertz CT molecular complexity index is 621. The van der Waals surface area contributed by atoms with E-state index in [1.807, 2.05) is 0 Å². The molecule has 0 radical (unpaired) electrons. The third-order valence-corrected chi connectivity index (χ3v) is 5.49. The van der Waals surface area contributed by atoms with Gasteiger partial charge < -0.3 is 9.84 Å². The van der Waals surface area contributed by atoms with E-state index < -0.39 is 27.5 Å². The SMILES string of the molecule is CCC(C)(NS(=O)(=O)c1ccsc1C(=O)OC)C(=O)O. The van der Waals surface area contributed by atoms with Crippen molar-refractivity contribution in [1.29, 1.82) is 0 Å². The summed E-state index contributed by atoms with van der Waals surface area (Å²) in [7, 11) is -3.00. The van der Waals surface area contributed by atoms with E-state index in [1.54, 1.807) is 6.92 Å². The minimum Gasteiger partial charge on any atom is -0.480 e. The van der Waals surface area contributed by atoms with Crippen molar-refractivity contribution in [1.82, 2.24) is 4.72 Å². The number of carboxylic acids is 1. The molecule has 112 valence electrons. The highest BCUT2D eigenvalue weighted by Gasteiger charge is 2.37. The number of hydrogen-bond donors (Lipinski definition) is 2. The molecule has 0 bridgehead atoms. The van der Waals surface area contributed by atoms with Gasteiger partial charge in [-0.05, 0) is 24.8 Å². The number of carboxylic acid groups (broad SMARTS) is 1. The molecular weight excluding hydrogens is 306 g/mol. The second-order valence-electron chi connectivity index (χ2n) is 4.20. The molecule has 1 atom stereocenters. The monoisotopic (exact) mass is 321 g/mol. The first-order valence-corrected chi connectivity index (χ1v) is 7.97. The lowest BCUT2D eigenvalue weighted by atomic mass is 10.0. The first kappa shape index (κ1) is 16.6. The zero-order chi connectivity index (χ0) is 15.6. The maximum Gasteiger partial charge on any atom is 0.349 e. The molecule has 20 heavy (non-hydrogen) atoms. The molecule has 1 heterocycles. The lowest BCUT2D eigenvalue weighted by Gasteiger charge is -2.24. The molecule has 0 aliphatic rings. The largest absolute Gasteiger partial charge is 0.480 e. The Morgan fingerprint density at radius 2 is 2.10 bits per heavy atom. The molecule has 9 heteroatoms. The van der Waals surface area contributed by atoms with Crippen LogP contribution < -0.4 is 4.72 Å². The van der Waals surface area contributed by atoms with E-state index in [0.29, 0.717) is 0 Å². The average Bonchev–Trinajstić information content (AvgIpc) is 2.87. The highest BCUT2D eigenvalue weighted by Crippen LogP contribution is 2.24. The molecule has 0 aromatic carbocycles. The quantitative estimate of drug-likeness (QED) is 0.758. The number of methoxy groups -OCH3 is 1. The summed E-state index contributed by atoms with van der Waals surface area (Å²) < 4.78 is 31.1. The van der Waals surface area contributed by atoms with Crippen molar-refractivity contribution in [3.8, 4) is 0 Å². The smallest absolute Gasteiger partial charge is 0.349 e. The van der Waals surface area contributed by atoms with Crippen LogP contribution in [0.3, 0.4) is 0 Å². The second kappa shape index (κ2) is 5.90. The van der Waals surface area contributed by atoms with E-state index in [0.717, 1.165) is 18.4 Å². The summed E-state index contributed by atoms with van der Waals surface area (Å²) in [5.41, 5.74) is -1.64. The van der Waals surface area contributed by atoms with Gasteiger partial charge in [0.1, 0.15) is 15.3 Å². The van der Waals surface area contributed by atoms with Gasteiger partial charge in [0.25, 0.3) is 0 Å². The molecule has 1 aromatic heterocycles. The van der Waals surface area contributed by atoms with Gasteiger partial charge in [-0.2, -0.15) is 4.72 Å². The molecule has 1 rings (SSSR count). The van der Waals surface area contributed by atoms with Crippen LogP contribution in [-0.4, -0.2) is 38.1 Å². The van der Waals surface area contributed by atoms with Crippen LogP contribution in [0.4, 0.5) is 0 Å².